The van der Waals surface area contributed by atoms with Crippen molar-refractivity contribution < 1.29 is 4.79 Å². The van der Waals surface area contributed by atoms with E-state index in [0.29, 0.717) is 28.3 Å². The molecule has 9 nitrogen and oxygen atoms in total. The molecule has 0 bridgehead atoms. The van der Waals surface area contributed by atoms with Gasteiger partial charge in [-0.2, -0.15) is 20.1 Å². The number of nitrogens with two attached hydrogens (primary N) is 1. The van der Waals surface area contributed by atoms with Crippen molar-refractivity contribution in [2.45, 2.75) is 6.92 Å². The minimum absolute atomic E-state index is 0.0477. The van der Waals surface area contributed by atoms with Crippen LogP contribution in [0.15, 0.2) is 67.0 Å². The van der Waals surface area contributed by atoms with Crippen LogP contribution in [0, 0.1) is 12.3 Å². The van der Waals surface area contributed by atoms with Gasteiger partial charge in [-0.05, 0) is 49.4 Å². The standard InChI is InChI=1S/C20H18N8O/c1-13-11-18(27(26-13)17-4-2-3-14(12-17)19(21)22)20(29)25-15-5-7-16(8-6-15)28-23-9-10-24-28/h2-12H,1H3,(H3,21,22)(H,25,29). The van der Waals surface area contributed by atoms with Gasteiger partial charge in [-0.15, -0.1) is 0 Å². The Balaban J connectivity index is 1.60. The van der Waals surface area contributed by atoms with Crippen LogP contribution in [-0.4, -0.2) is 36.5 Å². The Kier molecular flexibility index (Phi) is 4.62. The van der Waals surface area contributed by atoms with Crippen LogP contribution in [0.25, 0.3) is 11.4 Å². The van der Waals surface area contributed by atoms with E-state index in [1.165, 1.54) is 4.80 Å². The zero-order valence-electron chi connectivity index (χ0n) is 15.6. The second-order valence-electron chi connectivity index (χ2n) is 6.37. The number of nitrogens with zero attached hydrogens (tertiary/aromatic N) is 5. The molecule has 144 valence electrons. The normalized spacial score (nSPS) is 10.7. The van der Waals surface area contributed by atoms with Gasteiger partial charge in [-0.25, -0.2) is 4.68 Å². The van der Waals surface area contributed by atoms with Crippen LogP contribution in [0.2, 0.25) is 0 Å². The summed E-state index contributed by atoms with van der Waals surface area (Å²) in [6, 6.07) is 15.9. The molecule has 0 atom stereocenters. The first kappa shape index (κ1) is 18.1. The Morgan fingerprint density at radius 1 is 1.03 bits per heavy atom. The number of carbonyl (C=O) groups is 1. The van der Waals surface area contributed by atoms with Crippen molar-refractivity contribution >= 4 is 17.4 Å². The van der Waals surface area contributed by atoms with Crippen molar-refractivity contribution in [2.24, 2.45) is 5.73 Å². The third kappa shape index (κ3) is 3.74. The van der Waals surface area contributed by atoms with Crippen LogP contribution < -0.4 is 11.1 Å². The summed E-state index contributed by atoms with van der Waals surface area (Å²) in [5.74, 6) is -0.350. The molecule has 1 amide bonds. The van der Waals surface area contributed by atoms with Crippen LogP contribution in [-0.2, 0) is 0 Å². The summed E-state index contributed by atoms with van der Waals surface area (Å²) >= 11 is 0. The van der Waals surface area contributed by atoms with E-state index in [9.17, 15) is 4.79 Å². The predicted molar refractivity (Wildman–Crippen MR) is 109 cm³/mol. The molecule has 0 fully saturated rings. The van der Waals surface area contributed by atoms with E-state index in [2.05, 4.69) is 20.6 Å². The Labute approximate surface area is 166 Å². The molecule has 0 saturated heterocycles. The monoisotopic (exact) mass is 386 g/mol. The van der Waals surface area contributed by atoms with E-state index in [1.807, 2.05) is 25.1 Å². The highest BCUT2D eigenvalue weighted by Gasteiger charge is 2.16. The molecule has 0 aliphatic heterocycles. The molecular weight excluding hydrogens is 368 g/mol. The molecule has 0 unspecified atom stereocenters. The van der Waals surface area contributed by atoms with Gasteiger partial charge in [-0.3, -0.25) is 10.2 Å². The summed E-state index contributed by atoms with van der Waals surface area (Å²) in [5, 5.41) is 23.1. The lowest BCUT2D eigenvalue weighted by Gasteiger charge is -2.10. The number of hydrogen-bond acceptors (Lipinski definition) is 5. The number of nitrogen functional groups attached to an aromatic ring is 1. The molecule has 4 N–H and O–H groups in total. The van der Waals surface area contributed by atoms with E-state index in [-0.39, 0.29) is 11.7 Å². The highest BCUT2D eigenvalue weighted by Crippen LogP contribution is 2.17. The number of hydrogen-bond donors (Lipinski definition) is 3. The first-order valence-electron chi connectivity index (χ1n) is 8.81. The van der Waals surface area contributed by atoms with Gasteiger partial charge in [0.25, 0.3) is 5.91 Å². The van der Waals surface area contributed by atoms with Crippen molar-refractivity contribution in [1.29, 1.82) is 5.41 Å². The summed E-state index contributed by atoms with van der Waals surface area (Å²) in [6.07, 6.45) is 3.19. The molecule has 29 heavy (non-hydrogen) atoms. The van der Waals surface area contributed by atoms with Gasteiger partial charge in [0.1, 0.15) is 11.5 Å². The smallest absolute Gasteiger partial charge is 0.274 e. The van der Waals surface area contributed by atoms with Crippen LogP contribution in [0.4, 0.5) is 5.69 Å². The number of carbonyl (C=O) groups excluding carboxylic acids is 1. The maximum atomic E-state index is 12.9. The van der Waals surface area contributed by atoms with Gasteiger partial charge >= 0.3 is 0 Å². The van der Waals surface area contributed by atoms with E-state index in [4.69, 9.17) is 11.1 Å². The number of nitrogens with one attached hydrogen (secondary N) is 2. The SMILES string of the molecule is Cc1cc(C(=O)Nc2ccc(-n3nccn3)cc2)n(-c2cccc(C(=N)N)c2)n1. The van der Waals surface area contributed by atoms with Crippen molar-refractivity contribution in [2.75, 3.05) is 5.32 Å². The zero-order chi connectivity index (χ0) is 20.4. The maximum Gasteiger partial charge on any atom is 0.274 e. The van der Waals surface area contributed by atoms with E-state index >= 15 is 0 Å². The van der Waals surface area contributed by atoms with Crippen LogP contribution in [0.1, 0.15) is 21.7 Å². The third-order valence-electron chi connectivity index (χ3n) is 4.24. The maximum absolute atomic E-state index is 12.9. The molecule has 2 aromatic carbocycles. The lowest BCUT2D eigenvalue weighted by molar-refractivity contribution is 0.101. The molecule has 0 spiro atoms. The van der Waals surface area contributed by atoms with Crippen molar-refractivity contribution in [3.05, 3.63) is 83.9 Å². The number of amides is 1. The van der Waals surface area contributed by atoms with E-state index in [1.54, 1.807) is 53.5 Å². The van der Waals surface area contributed by atoms with Gasteiger partial charge in [0.2, 0.25) is 0 Å². The highest BCUT2D eigenvalue weighted by molar-refractivity contribution is 6.03. The average Bonchev–Trinajstić information content (AvgIpc) is 3.38. The summed E-state index contributed by atoms with van der Waals surface area (Å²) in [5.41, 5.74) is 9.28. The van der Waals surface area contributed by atoms with Crippen molar-refractivity contribution in [1.82, 2.24) is 24.8 Å². The van der Waals surface area contributed by atoms with Crippen molar-refractivity contribution in [3.63, 3.8) is 0 Å². The first-order chi connectivity index (χ1) is 14.0. The van der Waals surface area contributed by atoms with Gasteiger partial charge in [0, 0.05) is 11.3 Å². The lowest BCUT2D eigenvalue weighted by atomic mass is 10.2. The number of anilines is 1. The average molecular weight is 386 g/mol. The fraction of sp³-hybridized carbons (Fsp3) is 0.0500. The largest absolute Gasteiger partial charge is 0.384 e. The number of amidine groups is 1. The molecule has 4 rings (SSSR count). The fourth-order valence-corrected chi connectivity index (χ4v) is 2.89. The van der Waals surface area contributed by atoms with Crippen molar-refractivity contribution in [3.8, 4) is 11.4 Å². The molecule has 4 aromatic rings. The minimum Gasteiger partial charge on any atom is -0.384 e. The fourth-order valence-electron chi connectivity index (χ4n) is 2.89. The predicted octanol–water partition coefficient (Wildman–Crippen LogP) is 2.30. The van der Waals surface area contributed by atoms with E-state index in [0.717, 1.165) is 5.69 Å². The minimum atomic E-state index is -0.302. The number of benzene rings is 2. The van der Waals surface area contributed by atoms with Gasteiger partial charge < -0.3 is 11.1 Å². The van der Waals surface area contributed by atoms with Gasteiger partial charge in [-0.1, -0.05) is 12.1 Å². The van der Waals surface area contributed by atoms with Gasteiger partial charge in [0.15, 0.2) is 0 Å². The quantitative estimate of drug-likeness (QED) is 0.358. The molecule has 2 heterocycles. The Hall–Kier alpha value is -4.27. The molecule has 0 aliphatic rings. The Morgan fingerprint density at radius 2 is 1.76 bits per heavy atom. The highest BCUT2D eigenvalue weighted by atomic mass is 16.2. The second kappa shape index (κ2) is 7.39. The second-order valence-corrected chi connectivity index (χ2v) is 6.37. The molecule has 0 aliphatic carbocycles. The lowest BCUT2D eigenvalue weighted by Crippen LogP contribution is -2.17. The Morgan fingerprint density at radius 3 is 2.45 bits per heavy atom. The topological polar surface area (TPSA) is 128 Å². The zero-order valence-corrected chi connectivity index (χ0v) is 15.6. The van der Waals surface area contributed by atoms with Crippen LogP contribution in [0.5, 0.6) is 0 Å². The summed E-state index contributed by atoms with van der Waals surface area (Å²) in [6.45, 7) is 1.81. The number of rotatable bonds is 5. The summed E-state index contributed by atoms with van der Waals surface area (Å²) < 4.78 is 1.54. The molecular formula is C20H18N8O. The summed E-state index contributed by atoms with van der Waals surface area (Å²) in [7, 11) is 0. The number of aryl methyl sites for hydroxylation is 1. The van der Waals surface area contributed by atoms with Crippen LogP contribution in [0.3, 0.4) is 0 Å². The molecule has 2 aromatic heterocycles. The number of aromatic nitrogens is 5. The molecule has 0 saturated carbocycles. The van der Waals surface area contributed by atoms with E-state index < -0.39 is 0 Å². The third-order valence-corrected chi connectivity index (χ3v) is 4.24. The molecule has 0 radical (unpaired) electrons. The van der Waals surface area contributed by atoms with Gasteiger partial charge in [0.05, 0.1) is 29.5 Å². The Bertz CT molecular complexity index is 1180. The molecule has 9 heteroatoms. The summed E-state index contributed by atoms with van der Waals surface area (Å²) in [4.78, 5) is 14.4. The van der Waals surface area contributed by atoms with Crippen LogP contribution >= 0.6 is 0 Å². The first-order valence-corrected chi connectivity index (χ1v) is 8.81.